The van der Waals surface area contributed by atoms with E-state index in [-0.39, 0.29) is 5.91 Å². The topological polar surface area (TPSA) is 50.5 Å². The van der Waals surface area contributed by atoms with Gasteiger partial charge in [0.05, 0.1) is 37.2 Å². The number of carbonyl (C=O) groups excluding carboxylic acids is 1. The average Bonchev–Trinajstić information content (AvgIpc) is 2.79. The molecule has 1 fully saturated rings. The number of nitrogens with zero attached hydrogens (tertiary/aromatic N) is 3. The Morgan fingerprint density at radius 2 is 1.66 bits per heavy atom. The van der Waals surface area contributed by atoms with Gasteiger partial charge in [0.1, 0.15) is 6.54 Å². The number of aromatic nitrogens is 2. The van der Waals surface area contributed by atoms with Crippen molar-refractivity contribution in [3.8, 4) is 0 Å². The molecule has 1 N–H and O–H groups in total. The Kier molecular flexibility index (Phi) is 4.66. The summed E-state index contributed by atoms with van der Waals surface area (Å²) in [5.74, 6) is 0.0850. The number of quaternary nitrogens is 1. The molecule has 1 saturated heterocycles. The lowest BCUT2D eigenvalue weighted by atomic mass is 10.0. The van der Waals surface area contributed by atoms with Crippen LogP contribution in [0.15, 0.2) is 73.1 Å². The predicted molar refractivity (Wildman–Crippen MR) is 114 cm³/mol. The van der Waals surface area contributed by atoms with Crippen molar-refractivity contribution in [2.45, 2.75) is 6.54 Å². The number of piperazine rings is 1. The minimum absolute atomic E-state index is 0.0850. The van der Waals surface area contributed by atoms with Crippen molar-refractivity contribution in [1.29, 1.82) is 0 Å². The molecule has 1 aliphatic rings. The van der Waals surface area contributed by atoms with E-state index in [2.05, 4.69) is 52.4 Å². The Hall–Kier alpha value is -3.31. The number of fused-ring (bicyclic) bond motifs is 2. The molecular weight excluding hydrogens is 360 g/mol. The monoisotopic (exact) mass is 383 g/mol. The van der Waals surface area contributed by atoms with Gasteiger partial charge in [-0.2, -0.15) is 0 Å². The van der Waals surface area contributed by atoms with E-state index in [0.717, 1.165) is 43.8 Å². The van der Waals surface area contributed by atoms with E-state index < -0.39 is 0 Å². The molecule has 1 amide bonds. The van der Waals surface area contributed by atoms with Crippen LogP contribution in [0, 0.1) is 0 Å². The third-order valence-electron chi connectivity index (χ3n) is 5.79. The number of hydrogen-bond acceptors (Lipinski definition) is 3. The molecular formula is C24H23N4O+. The highest BCUT2D eigenvalue weighted by Crippen LogP contribution is 2.18. The summed E-state index contributed by atoms with van der Waals surface area (Å²) in [7, 11) is 0. The summed E-state index contributed by atoms with van der Waals surface area (Å²) in [5.41, 5.74) is 3.65. The second-order valence-electron chi connectivity index (χ2n) is 7.62. The van der Waals surface area contributed by atoms with Gasteiger partial charge in [-0.25, -0.2) is 0 Å². The van der Waals surface area contributed by atoms with Gasteiger partial charge in [0.15, 0.2) is 0 Å². The first kappa shape index (κ1) is 17.8. The number of benzene rings is 3. The molecule has 2 heterocycles. The number of carbonyl (C=O) groups is 1. The minimum Gasteiger partial charge on any atom is -0.328 e. The fourth-order valence-electron chi connectivity index (χ4n) is 4.20. The van der Waals surface area contributed by atoms with Crippen molar-refractivity contribution in [3.63, 3.8) is 0 Å². The summed E-state index contributed by atoms with van der Waals surface area (Å²) < 4.78 is 0. The molecule has 1 aliphatic heterocycles. The summed E-state index contributed by atoms with van der Waals surface area (Å²) in [6.07, 6.45) is 3.33. The van der Waals surface area contributed by atoms with Crippen LogP contribution in [0.4, 0.5) is 0 Å². The molecule has 5 nitrogen and oxygen atoms in total. The van der Waals surface area contributed by atoms with Crippen LogP contribution in [-0.2, 0) is 6.54 Å². The smallest absolute Gasteiger partial charge is 0.254 e. The lowest BCUT2D eigenvalue weighted by molar-refractivity contribution is -0.917. The van der Waals surface area contributed by atoms with Gasteiger partial charge in [-0.05, 0) is 29.0 Å². The number of nitrogens with one attached hydrogen (secondary N) is 1. The van der Waals surface area contributed by atoms with Crippen LogP contribution in [0.25, 0.3) is 21.8 Å². The van der Waals surface area contributed by atoms with E-state index >= 15 is 0 Å². The Balaban J connectivity index is 1.26. The standard InChI is InChI=1S/C24H22N4O/c29-24(19-8-9-22-23(16-19)26-11-10-25-22)28-14-12-27(13-15-28)17-20-6-3-5-18-4-1-2-7-21(18)20/h1-11,16H,12-15,17H2/p+1. The fraction of sp³-hybridized carbons (Fsp3) is 0.208. The first-order chi connectivity index (χ1) is 14.3. The predicted octanol–water partition coefficient (Wildman–Crippen LogP) is 2.32. The van der Waals surface area contributed by atoms with Gasteiger partial charge in [-0.3, -0.25) is 14.8 Å². The first-order valence-electron chi connectivity index (χ1n) is 10.1. The molecule has 4 aromatic rings. The van der Waals surface area contributed by atoms with Gasteiger partial charge in [0, 0.05) is 23.5 Å². The maximum Gasteiger partial charge on any atom is 0.254 e. The summed E-state index contributed by atoms with van der Waals surface area (Å²) >= 11 is 0. The molecule has 0 radical (unpaired) electrons. The molecule has 144 valence electrons. The normalized spacial score (nSPS) is 15.1. The summed E-state index contributed by atoms with van der Waals surface area (Å²) in [6, 6.07) is 20.7. The highest BCUT2D eigenvalue weighted by atomic mass is 16.2. The highest BCUT2D eigenvalue weighted by molar-refractivity contribution is 5.97. The molecule has 0 aliphatic carbocycles. The molecule has 0 saturated carbocycles. The quantitative estimate of drug-likeness (QED) is 0.591. The van der Waals surface area contributed by atoms with Crippen molar-refractivity contribution >= 4 is 27.7 Å². The van der Waals surface area contributed by atoms with Gasteiger partial charge < -0.3 is 9.80 Å². The van der Waals surface area contributed by atoms with Gasteiger partial charge in [-0.1, -0.05) is 42.5 Å². The zero-order valence-corrected chi connectivity index (χ0v) is 16.2. The van der Waals surface area contributed by atoms with Gasteiger partial charge in [-0.15, -0.1) is 0 Å². The molecule has 0 spiro atoms. The van der Waals surface area contributed by atoms with E-state index in [0.29, 0.717) is 5.56 Å². The van der Waals surface area contributed by atoms with Crippen molar-refractivity contribution in [2.75, 3.05) is 26.2 Å². The maximum absolute atomic E-state index is 13.0. The van der Waals surface area contributed by atoms with E-state index in [1.165, 1.54) is 21.2 Å². The molecule has 0 bridgehead atoms. The van der Waals surface area contributed by atoms with Crippen LogP contribution < -0.4 is 4.90 Å². The van der Waals surface area contributed by atoms with Crippen molar-refractivity contribution in [2.24, 2.45) is 0 Å². The zero-order valence-electron chi connectivity index (χ0n) is 16.2. The Morgan fingerprint density at radius 3 is 2.52 bits per heavy atom. The van der Waals surface area contributed by atoms with E-state index in [1.807, 2.05) is 23.1 Å². The van der Waals surface area contributed by atoms with Crippen LogP contribution in [-0.4, -0.2) is 47.0 Å². The summed E-state index contributed by atoms with van der Waals surface area (Å²) in [4.78, 5) is 25.0. The van der Waals surface area contributed by atoms with E-state index in [4.69, 9.17) is 0 Å². The van der Waals surface area contributed by atoms with Gasteiger partial charge in [0.2, 0.25) is 0 Å². The SMILES string of the molecule is O=C(c1ccc2nccnc2c1)N1CC[NH+](Cc2cccc3ccccc23)CC1. The van der Waals surface area contributed by atoms with Crippen molar-refractivity contribution < 1.29 is 9.69 Å². The molecule has 29 heavy (non-hydrogen) atoms. The average molecular weight is 383 g/mol. The fourth-order valence-corrected chi connectivity index (χ4v) is 4.20. The second kappa shape index (κ2) is 7.60. The number of amides is 1. The Labute approximate surface area is 169 Å². The molecule has 0 unspecified atom stereocenters. The van der Waals surface area contributed by atoms with Crippen LogP contribution in [0.1, 0.15) is 15.9 Å². The van der Waals surface area contributed by atoms with Crippen molar-refractivity contribution in [3.05, 3.63) is 84.2 Å². The molecule has 3 aromatic carbocycles. The summed E-state index contributed by atoms with van der Waals surface area (Å²) in [6.45, 7) is 4.47. The Morgan fingerprint density at radius 1 is 0.897 bits per heavy atom. The minimum atomic E-state index is 0.0850. The third kappa shape index (κ3) is 3.57. The highest BCUT2D eigenvalue weighted by Gasteiger charge is 2.25. The largest absolute Gasteiger partial charge is 0.328 e. The first-order valence-corrected chi connectivity index (χ1v) is 10.1. The van der Waals surface area contributed by atoms with Crippen LogP contribution in [0.2, 0.25) is 0 Å². The summed E-state index contributed by atoms with van der Waals surface area (Å²) in [5, 5.41) is 2.62. The Bertz CT molecular complexity index is 1180. The maximum atomic E-state index is 13.0. The van der Waals surface area contributed by atoms with Crippen LogP contribution in [0.3, 0.4) is 0 Å². The third-order valence-corrected chi connectivity index (χ3v) is 5.79. The second-order valence-corrected chi connectivity index (χ2v) is 7.62. The lowest BCUT2D eigenvalue weighted by Crippen LogP contribution is -3.13. The number of rotatable bonds is 3. The molecule has 1 aromatic heterocycles. The van der Waals surface area contributed by atoms with Crippen LogP contribution in [0.5, 0.6) is 0 Å². The lowest BCUT2D eigenvalue weighted by Gasteiger charge is -2.32. The van der Waals surface area contributed by atoms with Crippen molar-refractivity contribution in [1.82, 2.24) is 14.9 Å². The van der Waals surface area contributed by atoms with Gasteiger partial charge in [0.25, 0.3) is 5.91 Å². The van der Waals surface area contributed by atoms with E-state index in [9.17, 15) is 4.79 Å². The molecule has 5 heteroatoms. The zero-order chi connectivity index (χ0) is 19.6. The van der Waals surface area contributed by atoms with Gasteiger partial charge >= 0.3 is 0 Å². The molecule has 5 rings (SSSR count). The van der Waals surface area contributed by atoms with E-state index in [1.54, 1.807) is 12.4 Å². The number of hydrogen-bond donors (Lipinski definition) is 1. The van der Waals surface area contributed by atoms with Crippen LogP contribution >= 0.6 is 0 Å². The molecule has 0 atom stereocenters.